The van der Waals surface area contributed by atoms with Crippen LogP contribution in [0, 0.1) is 0 Å². The van der Waals surface area contributed by atoms with Gasteiger partial charge in [-0.15, -0.1) is 0 Å². The Labute approximate surface area is 243 Å². The molecule has 5 rings (SSSR count). The summed E-state index contributed by atoms with van der Waals surface area (Å²) >= 11 is 14.1. The number of amides is 1. The van der Waals surface area contributed by atoms with Gasteiger partial charge < -0.3 is 15.1 Å². The molecule has 1 fully saturated rings. The molecule has 0 bridgehead atoms. The van der Waals surface area contributed by atoms with Crippen molar-refractivity contribution in [2.45, 2.75) is 17.3 Å². The van der Waals surface area contributed by atoms with Crippen LogP contribution in [0.2, 0.25) is 10.2 Å². The zero-order valence-corrected chi connectivity index (χ0v) is 23.7. The first-order valence-corrected chi connectivity index (χ1v) is 14.6. The number of piperazine rings is 1. The molecule has 0 unspecified atom stereocenters. The Bertz CT molecular complexity index is 1410. The van der Waals surface area contributed by atoms with Crippen LogP contribution in [-0.4, -0.2) is 48.6 Å². The molecule has 0 atom stereocenters. The van der Waals surface area contributed by atoms with Crippen LogP contribution in [0.1, 0.15) is 21.5 Å². The normalized spacial score (nSPS) is 13.4. The van der Waals surface area contributed by atoms with Crippen molar-refractivity contribution >= 4 is 52.4 Å². The zero-order valence-electron chi connectivity index (χ0n) is 21.4. The minimum Gasteiger partial charge on any atom is -0.368 e. The highest BCUT2D eigenvalue weighted by Crippen LogP contribution is 2.27. The van der Waals surface area contributed by atoms with E-state index in [0.717, 1.165) is 54.7 Å². The molecular weight excluding hydrogens is 549 g/mol. The Hall–Kier alpha value is -3.26. The Balaban J connectivity index is 1.16. The van der Waals surface area contributed by atoms with Crippen molar-refractivity contribution in [3.05, 3.63) is 112 Å². The summed E-state index contributed by atoms with van der Waals surface area (Å²) in [5.41, 5.74) is 4.00. The first-order chi connectivity index (χ1) is 19.0. The van der Waals surface area contributed by atoms with Gasteiger partial charge in [0.25, 0.3) is 5.91 Å². The Kier molecular flexibility index (Phi) is 9.24. The van der Waals surface area contributed by atoms with Crippen LogP contribution in [0.15, 0.2) is 90.1 Å². The third kappa shape index (κ3) is 7.66. The van der Waals surface area contributed by atoms with Gasteiger partial charge in [0.1, 0.15) is 11.0 Å². The van der Waals surface area contributed by atoms with Gasteiger partial charge in [0.15, 0.2) is 5.16 Å². The summed E-state index contributed by atoms with van der Waals surface area (Å²) in [7, 11) is 0. The first kappa shape index (κ1) is 27.3. The highest BCUT2D eigenvalue weighted by atomic mass is 35.5. The minimum absolute atomic E-state index is 0.0732. The Morgan fingerprint density at radius 2 is 1.56 bits per heavy atom. The van der Waals surface area contributed by atoms with E-state index in [1.165, 1.54) is 17.3 Å². The molecule has 1 amide bonds. The molecule has 0 saturated carbocycles. The average Bonchev–Trinajstić information content (AvgIpc) is 2.96. The summed E-state index contributed by atoms with van der Waals surface area (Å²) in [6, 6.07) is 27.6. The van der Waals surface area contributed by atoms with Crippen LogP contribution >= 0.6 is 35.0 Å². The summed E-state index contributed by atoms with van der Waals surface area (Å²) in [4.78, 5) is 26.5. The van der Waals surface area contributed by atoms with E-state index in [0.29, 0.717) is 28.2 Å². The van der Waals surface area contributed by atoms with E-state index in [-0.39, 0.29) is 5.91 Å². The van der Waals surface area contributed by atoms with Gasteiger partial charge in [-0.1, -0.05) is 83.5 Å². The van der Waals surface area contributed by atoms with Crippen molar-refractivity contribution < 1.29 is 4.79 Å². The monoisotopic (exact) mass is 577 g/mol. The lowest BCUT2D eigenvalue weighted by Gasteiger charge is -2.36. The fourth-order valence-corrected chi connectivity index (χ4v) is 5.70. The number of carbonyl (C=O) groups excluding carboxylic acids is 1. The predicted molar refractivity (Wildman–Crippen MR) is 161 cm³/mol. The van der Waals surface area contributed by atoms with Crippen LogP contribution in [0.4, 0.5) is 11.5 Å². The number of hydrogen-bond donors (Lipinski definition) is 1. The maximum atomic E-state index is 12.7. The lowest BCUT2D eigenvalue weighted by molar-refractivity contribution is 0.0954. The molecule has 1 aromatic heterocycles. The summed E-state index contributed by atoms with van der Waals surface area (Å²) in [5.74, 6) is 1.39. The van der Waals surface area contributed by atoms with Crippen LogP contribution in [0.25, 0.3) is 0 Å². The maximum absolute atomic E-state index is 12.7. The second-order valence-electron chi connectivity index (χ2n) is 9.27. The number of carbonyl (C=O) groups is 1. The van der Waals surface area contributed by atoms with Gasteiger partial charge in [-0.3, -0.25) is 4.79 Å². The molecule has 1 aliphatic rings. The lowest BCUT2D eigenvalue weighted by Crippen LogP contribution is -2.46. The summed E-state index contributed by atoms with van der Waals surface area (Å²) in [6.07, 6.45) is 0.798. The second kappa shape index (κ2) is 13.2. The summed E-state index contributed by atoms with van der Waals surface area (Å²) in [5, 5.41) is 4.80. The molecule has 0 aliphatic carbocycles. The standard InChI is InChI=1S/C30H29Cl2N5OS/c31-25-10-5-11-26(19-25)36-14-16-37(17-15-36)28-20-27(32)34-30(35-28)39-21-23-8-4-9-24(18-23)29(38)33-13-12-22-6-2-1-3-7-22/h1-11,18-20H,12-17,21H2,(H,33,38). The van der Waals surface area contributed by atoms with E-state index >= 15 is 0 Å². The third-order valence-electron chi connectivity index (χ3n) is 6.54. The molecule has 0 spiro atoms. The number of nitrogens with one attached hydrogen (secondary N) is 1. The number of thioether (sulfide) groups is 1. The molecular formula is C30H29Cl2N5OS. The molecule has 1 N–H and O–H groups in total. The van der Waals surface area contributed by atoms with Gasteiger partial charge in [0.2, 0.25) is 0 Å². The van der Waals surface area contributed by atoms with Crippen molar-refractivity contribution in [3.8, 4) is 0 Å². The molecule has 6 nitrogen and oxygen atoms in total. The first-order valence-electron chi connectivity index (χ1n) is 12.9. The molecule has 2 heterocycles. The average molecular weight is 579 g/mol. The summed E-state index contributed by atoms with van der Waals surface area (Å²) in [6.45, 7) is 3.97. The van der Waals surface area contributed by atoms with E-state index in [1.54, 1.807) is 0 Å². The van der Waals surface area contributed by atoms with Gasteiger partial charge in [0.05, 0.1) is 0 Å². The largest absolute Gasteiger partial charge is 0.368 e. The number of hydrogen-bond acceptors (Lipinski definition) is 6. The number of rotatable bonds is 9. The molecule has 9 heteroatoms. The highest BCUT2D eigenvalue weighted by Gasteiger charge is 2.20. The van der Waals surface area contributed by atoms with Crippen molar-refractivity contribution in [1.82, 2.24) is 15.3 Å². The SMILES string of the molecule is O=C(NCCc1ccccc1)c1cccc(CSc2nc(Cl)cc(N3CCN(c4cccc(Cl)c4)CC3)n2)c1. The van der Waals surface area contributed by atoms with Crippen LogP contribution in [0.5, 0.6) is 0 Å². The minimum atomic E-state index is -0.0732. The number of anilines is 2. The van der Waals surface area contributed by atoms with E-state index in [4.69, 9.17) is 28.2 Å². The smallest absolute Gasteiger partial charge is 0.251 e. The van der Waals surface area contributed by atoms with Gasteiger partial charge in [-0.25, -0.2) is 9.97 Å². The quantitative estimate of drug-likeness (QED) is 0.141. The number of benzene rings is 3. The number of aromatic nitrogens is 2. The zero-order chi connectivity index (χ0) is 27.0. The van der Waals surface area contributed by atoms with Crippen molar-refractivity contribution in [1.29, 1.82) is 0 Å². The van der Waals surface area contributed by atoms with Gasteiger partial charge in [-0.05, 0) is 47.9 Å². The molecule has 1 aliphatic heterocycles. The van der Waals surface area contributed by atoms with Crippen molar-refractivity contribution in [2.24, 2.45) is 0 Å². The summed E-state index contributed by atoms with van der Waals surface area (Å²) < 4.78 is 0. The number of halogens is 2. The molecule has 200 valence electrons. The van der Waals surface area contributed by atoms with Gasteiger partial charge in [-0.2, -0.15) is 0 Å². The maximum Gasteiger partial charge on any atom is 0.251 e. The highest BCUT2D eigenvalue weighted by molar-refractivity contribution is 7.98. The molecule has 39 heavy (non-hydrogen) atoms. The van der Waals surface area contributed by atoms with E-state index < -0.39 is 0 Å². The van der Waals surface area contributed by atoms with Gasteiger partial charge >= 0.3 is 0 Å². The Morgan fingerprint density at radius 3 is 2.36 bits per heavy atom. The van der Waals surface area contributed by atoms with Crippen molar-refractivity contribution in [2.75, 3.05) is 42.5 Å². The fraction of sp³-hybridized carbons (Fsp3) is 0.233. The van der Waals surface area contributed by atoms with Crippen LogP contribution in [0.3, 0.4) is 0 Å². The van der Waals surface area contributed by atoms with Crippen molar-refractivity contribution in [3.63, 3.8) is 0 Å². The number of nitrogens with zero attached hydrogens (tertiary/aromatic N) is 4. The fourth-order valence-electron chi connectivity index (χ4n) is 4.50. The lowest BCUT2D eigenvalue weighted by atomic mass is 10.1. The molecule has 3 aromatic carbocycles. The van der Waals surface area contributed by atoms with E-state index in [2.05, 4.69) is 38.3 Å². The van der Waals surface area contributed by atoms with Crippen LogP contribution < -0.4 is 15.1 Å². The Morgan fingerprint density at radius 1 is 0.821 bits per heavy atom. The third-order valence-corrected chi connectivity index (χ3v) is 7.88. The van der Waals surface area contributed by atoms with E-state index in [9.17, 15) is 4.79 Å². The molecule has 4 aromatic rings. The van der Waals surface area contributed by atoms with Gasteiger partial charge in [0, 0.05) is 60.8 Å². The topological polar surface area (TPSA) is 61.4 Å². The van der Waals surface area contributed by atoms with E-state index in [1.807, 2.05) is 66.7 Å². The molecule has 0 radical (unpaired) electrons. The predicted octanol–water partition coefficient (Wildman–Crippen LogP) is 6.37. The molecule has 1 saturated heterocycles. The second-order valence-corrected chi connectivity index (χ2v) is 11.0. The van der Waals surface area contributed by atoms with Crippen LogP contribution in [-0.2, 0) is 12.2 Å².